The van der Waals surface area contributed by atoms with Crippen molar-refractivity contribution in [1.29, 1.82) is 0 Å². The number of esters is 1. The average Bonchev–Trinajstić information content (AvgIpc) is 3.58. The summed E-state index contributed by atoms with van der Waals surface area (Å²) in [6.07, 6.45) is 6.34. The maximum absolute atomic E-state index is 16.7. The van der Waals surface area contributed by atoms with Crippen LogP contribution >= 0.6 is 18.9 Å². The van der Waals surface area contributed by atoms with Gasteiger partial charge in [-0.3, -0.25) is 23.7 Å². The third kappa shape index (κ3) is 9.42. The number of halogens is 2. The number of nitrogens with zero attached hydrogens (tertiary/aromatic N) is 3. The lowest BCUT2D eigenvalue weighted by molar-refractivity contribution is -0.148. The second kappa shape index (κ2) is 19.1. The van der Waals surface area contributed by atoms with Gasteiger partial charge in [-0.2, -0.15) is 0 Å². The van der Waals surface area contributed by atoms with E-state index in [2.05, 4.69) is 32.3 Å². The summed E-state index contributed by atoms with van der Waals surface area (Å²) in [5.41, 5.74) is 1.05. The van der Waals surface area contributed by atoms with Crippen LogP contribution in [0.15, 0.2) is 84.9 Å². The monoisotopic (exact) mass is 943 g/mol. The SMILES string of the molecule is CCCOC(=O)[C@H](C)N[P@@](=O)(Oc1ccccc1)[C@@H](F)c1ccc2sc(C(=O)N[C@H]3CC[C@H](N(C)C4CC(F)C4)C[C@H]4CC[C@@H](C(=O)N5C[C@H](c6ccccc6)CC56CC6)N4C3=O)cc2c1. The van der Waals surface area contributed by atoms with Crippen molar-refractivity contribution in [2.75, 3.05) is 20.2 Å². The van der Waals surface area contributed by atoms with E-state index in [1.807, 2.05) is 32.2 Å². The molecule has 3 aliphatic heterocycles. The molecule has 4 aromatic rings. The van der Waals surface area contributed by atoms with Crippen LogP contribution < -0.4 is 14.9 Å². The molecule has 1 aromatic heterocycles. The molecule has 0 unspecified atom stereocenters. The van der Waals surface area contributed by atoms with E-state index in [9.17, 15) is 28.1 Å². The number of hydrogen-bond donors (Lipinski definition) is 2. The van der Waals surface area contributed by atoms with Crippen molar-refractivity contribution in [3.8, 4) is 5.75 Å². The van der Waals surface area contributed by atoms with E-state index in [0.717, 1.165) is 19.3 Å². The van der Waals surface area contributed by atoms with Crippen LogP contribution in [0.5, 0.6) is 5.75 Å². The number of para-hydroxylation sites is 1. The molecule has 12 nitrogen and oxygen atoms in total. The van der Waals surface area contributed by atoms with Crippen molar-refractivity contribution < 1.29 is 41.8 Å². The Labute approximate surface area is 389 Å². The molecule has 352 valence electrons. The normalized spacial score (nSPS) is 27.6. The fourth-order valence-corrected chi connectivity index (χ4v) is 13.6. The minimum Gasteiger partial charge on any atom is -0.465 e. The Morgan fingerprint density at radius 1 is 0.955 bits per heavy atom. The predicted molar refractivity (Wildman–Crippen MR) is 250 cm³/mol. The van der Waals surface area contributed by atoms with Crippen LogP contribution in [0.1, 0.15) is 117 Å². The molecule has 2 saturated carbocycles. The van der Waals surface area contributed by atoms with E-state index in [-0.39, 0.29) is 59.3 Å². The van der Waals surface area contributed by atoms with Crippen LogP contribution in [-0.2, 0) is 23.7 Å². The van der Waals surface area contributed by atoms with Gasteiger partial charge < -0.3 is 29.3 Å². The zero-order chi connectivity index (χ0) is 46.3. The van der Waals surface area contributed by atoms with Crippen molar-refractivity contribution in [1.82, 2.24) is 25.1 Å². The molecule has 66 heavy (non-hydrogen) atoms. The number of ether oxygens (including phenoxy) is 1. The van der Waals surface area contributed by atoms with Gasteiger partial charge in [-0.15, -0.1) is 11.3 Å². The lowest BCUT2D eigenvalue weighted by Gasteiger charge is -2.45. The summed E-state index contributed by atoms with van der Waals surface area (Å²) >= 11 is 1.18. The summed E-state index contributed by atoms with van der Waals surface area (Å²) in [7, 11) is -2.45. The molecule has 8 atom stereocenters. The lowest BCUT2D eigenvalue weighted by Crippen LogP contribution is -2.59. The van der Waals surface area contributed by atoms with Crippen LogP contribution in [0.2, 0.25) is 0 Å². The number of fused-ring (bicyclic) bond motifs is 2. The van der Waals surface area contributed by atoms with Crippen LogP contribution in [0, 0.1) is 0 Å². The maximum atomic E-state index is 16.7. The fourth-order valence-electron chi connectivity index (χ4n) is 10.7. The van der Waals surface area contributed by atoms with Gasteiger partial charge in [-0.25, -0.2) is 13.9 Å². The number of amides is 3. The van der Waals surface area contributed by atoms with Gasteiger partial charge in [-0.1, -0.05) is 61.5 Å². The summed E-state index contributed by atoms with van der Waals surface area (Å²) in [5, 5.41) is 6.18. The second-order valence-electron chi connectivity index (χ2n) is 19.1. The Bertz CT molecular complexity index is 2470. The zero-order valence-corrected chi connectivity index (χ0v) is 39.5. The van der Waals surface area contributed by atoms with Crippen molar-refractivity contribution in [3.05, 3.63) is 101 Å². The topological polar surface area (TPSA) is 138 Å². The van der Waals surface area contributed by atoms with Gasteiger partial charge in [0.1, 0.15) is 30.0 Å². The second-order valence-corrected chi connectivity index (χ2v) is 22.3. The van der Waals surface area contributed by atoms with Crippen LogP contribution in [0.25, 0.3) is 10.1 Å². The van der Waals surface area contributed by atoms with Gasteiger partial charge >= 0.3 is 13.5 Å². The van der Waals surface area contributed by atoms with Crippen LogP contribution in [0.3, 0.4) is 0 Å². The number of benzene rings is 3. The first-order valence-corrected chi connectivity index (χ1v) is 26.1. The Balaban J connectivity index is 0.952. The minimum absolute atomic E-state index is 0.0112. The molecular formula is C50H60F2N5O7PS. The lowest BCUT2D eigenvalue weighted by atomic mass is 9.86. The number of alkyl halides is 2. The minimum atomic E-state index is -4.48. The van der Waals surface area contributed by atoms with E-state index < -0.39 is 49.6 Å². The van der Waals surface area contributed by atoms with E-state index >= 15 is 4.39 Å². The molecule has 3 saturated heterocycles. The number of hydrogen-bond acceptors (Lipinski definition) is 9. The highest BCUT2D eigenvalue weighted by atomic mass is 32.1. The maximum Gasteiger partial charge on any atom is 0.355 e. The molecule has 5 fully saturated rings. The third-order valence-electron chi connectivity index (χ3n) is 14.6. The Morgan fingerprint density at radius 2 is 1.68 bits per heavy atom. The number of rotatable bonds is 15. The van der Waals surface area contributed by atoms with Crippen molar-refractivity contribution in [3.63, 3.8) is 0 Å². The van der Waals surface area contributed by atoms with E-state index in [4.69, 9.17) is 9.26 Å². The highest BCUT2D eigenvalue weighted by Crippen LogP contribution is 2.58. The summed E-state index contributed by atoms with van der Waals surface area (Å²) in [6, 6.07) is 21.9. The molecule has 2 N–H and O–H groups in total. The number of likely N-dealkylation sites (tertiary alicyclic amines) is 1. The Kier molecular flexibility index (Phi) is 13.5. The molecule has 9 rings (SSSR count). The molecular weight excluding hydrogens is 884 g/mol. The molecule has 16 heteroatoms. The summed E-state index contributed by atoms with van der Waals surface area (Å²) in [6.45, 7) is 4.05. The number of nitrogens with one attached hydrogen (secondary N) is 2. The van der Waals surface area contributed by atoms with E-state index in [0.29, 0.717) is 72.9 Å². The highest BCUT2D eigenvalue weighted by molar-refractivity contribution is 7.57. The third-order valence-corrected chi connectivity index (χ3v) is 17.9. The number of carbonyl (C=O) groups is 4. The molecule has 3 amide bonds. The highest BCUT2D eigenvalue weighted by Gasteiger charge is 2.59. The van der Waals surface area contributed by atoms with Crippen LogP contribution in [-0.4, -0.2) is 107 Å². The van der Waals surface area contributed by atoms with Crippen molar-refractivity contribution >= 4 is 52.6 Å². The van der Waals surface area contributed by atoms with Crippen LogP contribution in [0.4, 0.5) is 8.78 Å². The fraction of sp³-hybridized carbons (Fsp3) is 0.520. The summed E-state index contributed by atoms with van der Waals surface area (Å²) < 4.78 is 56.9. The quantitative estimate of drug-likeness (QED) is 0.0884. The molecule has 4 heterocycles. The molecule has 5 aliphatic rings. The van der Waals surface area contributed by atoms with Gasteiger partial charge in [0.25, 0.3) is 5.91 Å². The van der Waals surface area contributed by atoms with Crippen molar-refractivity contribution in [2.45, 2.75) is 144 Å². The zero-order valence-electron chi connectivity index (χ0n) is 37.8. The molecule has 3 aromatic carbocycles. The first-order valence-electron chi connectivity index (χ1n) is 23.6. The Hall–Kier alpha value is -4.69. The van der Waals surface area contributed by atoms with E-state index in [1.165, 1.54) is 36.0 Å². The standard InChI is InChI=1S/C50H60F2N5O7PS/c1-4-23-63-49(61)31(2)54-65(62,64-40-13-9-6-10-14-40)45(52)33-15-20-43-34(24-33)25-44(66-43)46(58)53-41-18-16-37(55(3)39-26-36(51)27-39)28-38-17-19-42(57(38)47(41)59)48(60)56-30-35(29-50(56)21-22-50)32-11-7-5-8-12-32/h5-15,20,24-25,31,35-39,41-42,45H,4,16-19,21-23,26-30H2,1-3H3,(H,53,58)(H,54,62)/t31-,35+,36?,37-,38+,39?,41-,42-,45+,65-/m0/s1. The molecule has 2 aliphatic carbocycles. The molecule has 1 spiro atoms. The summed E-state index contributed by atoms with van der Waals surface area (Å²) in [4.78, 5) is 63.1. The average molecular weight is 944 g/mol. The van der Waals surface area contributed by atoms with Gasteiger partial charge in [-0.05, 0) is 131 Å². The smallest absolute Gasteiger partial charge is 0.355 e. The largest absolute Gasteiger partial charge is 0.465 e. The predicted octanol–water partition coefficient (Wildman–Crippen LogP) is 9.06. The number of thiophene rings is 1. The van der Waals surface area contributed by atoms with Gasteiger partial charge in [0.05, 0.1) is 11.5 Å². The first-order chi connectivity index (χ1) is 31.8. The van der Waals surface area contributed by atoms with Gasteiger partial charge in [0, 0.05) is 40.8 Å². The Morgan fingerprint density at radius 3 is 2.38 bits per heavy atom. The van der Waals surface area contributed by atoms with Crippen molar-refractivity contribution in [2.24, 2.45) is 0 Å². The number of carbonyl (C=O) groups excluding carboxylic acids is 4. The molecule has 0 radical (unpaired) electrons. The van der Waals surface area contributed by atoms with E-state index in [1.54, 1.807) is 47.4 Å². The summed E-state index contributed by atoms with van der Waals surface area (Å²) in [5.74, 6) is -3.28. The van der Waals surface area contributed by atoms with Gasteiger partial charge in [0.15, 0.2) is 0 Å². The first kappa shape index (κ1) is 46.4. The molecule has 0 bridgehead atoms. The van der Waals surface area contributed by atoms with Gasteiger partial charge in [0.2, 0.25) is 17.7 Å².